The molecule has 0 aromatic rings. The van der Waals surface area contributed by atoms with Crippen molar-refractivity contribution in [1.29, 1.82) is 0 Å². The van der Waals surface area contributed by atoms with Crippen molar-refractivity contribution in [2.24, 2.45) is 5.92 Å². The van der Waals surface area contributed by atoms with Crippen LogP contribution < -0.4 is 0 Å². The number of fused-ring (bicyclic) bond motifs is 2. The summed E-state index contributed by atoms with van der Waals surface area (Å²) in [7, 11) is 0. The van der Waals surface area contributed by atoms with Gasteiger partial charge in [0.05, 0.1) is 12.3 Å². The fourth-order valence-electron chi connectivity index (χ4n) is 8.16. The van der Waals surface area contributed by atoms with Gasteiger partial charge < -0.3 is 28.4 Å². The van der Waals surface area contributed by atoms with Gasteiger partial charge >= 0.3 is 18.1 Å². The molecule has 2 saturated heterocycles. The summed E-state index contributed by atoms with van der Waals surface area (Å²) in [5.41, 5.74) is 0. The van der Waals surface area contributed by atoms with Crippen LogP contribution in [0.25, 0.3) is 0 Å². The number of carbonyl (C=O) groups is 3. The average molecular weight is 872 g/mol. The highest BCUT2D eigenvalue weighted by atomic mass is 16.7. The quantitative estimate of drug-likeness (QED) is 0.0195. The molecule has 62 heavy (non-hydrogen) atoms. The van der Waals surface area contributed by atoms with Gasteiger partial charge in [-0.1, -0.05) is 108 Å². The lowest BCUT2D eigenvalue weighted by Gasteiger charge is -2.37. The molecule has 2 aliphatic heterocycles. The van der Waals surface area contributed by atoms with Gasteiger partial charge in [-0.05, 0) is 109 Å². The molecule has 0 saturated carbocycles. The molecule has 10 heteroatoms. The van der Waals surface area contributed by atoms with Crippen molar-refractivity contribution in [3.63, 3.8) is 0 Å². The second-order valence-corrected chi connectivity index (χ2v) is 17.2. The fourth-order valence-corrected chi connectivity index (χ4v) is 8.16. The van der Waals surface area contributed by atoms with E-state index in [4.69, 9.17) is 28.4 Å². The van der Waals surface area contributed by atoms with E-state index < -0.39 is 24.3 Å². The predicted octanol–water partition coefficient (Wildman–Crippen LogP) is 13.1. The molecule has 0 aliphatic carbocycles. The van der Waals surface area contributed by atoms with Crippen molar-refractivity contribution >= 4 is 18.1 Å². The summed E-state index contributed by atoms with van der Waals surface area (Å²) in [6, 6.07) is 0.887. The molecule has 0 spiro atoms. The van der Waals surface area contributed by atoms with E-state index in [9.17, 15) is 14.4 Å². The molecular formula is C52H89NO9. The Morgan fingerprint density at radius 1 is 0.565 bits per heavy atom. The van der Waals surface area contributed by atoms with E-state index in [-0.39, 0.29) is 38.3 Å². The molecule has 0 aromatic carbocycles. The van der Waals surface area contributed by atoms with Crippen LogP contribution in [-0.2, 0) is 38.0 Å². The molecule has 2 unspecified atom stereocenters. The lowest BCUT2D eigenvalue weighted by Crippen LogP contribution is -2.45. The zero-order valence-electron chi connectivity index (χ0n) is 39.8. The van der Waals surface area contributed by atoms with Gasteiger partial charge in [-0.15, -0.1) is 0 Å². The fraction of sp³-hybridized carbons (Fsp3) is 0.788. The first kappa shape index (κ1) is 55.2. The Morgan fingerprint density at radius 3 is 1.63 bits per heavy atom. The first-order valence-corrected chi connectivity index (χ1v) is 25.1. The van der Waals surface area contributed by atoms with Crippen molar-refractivity contribution in [1.82, 2.24) is 4.90 Å². The van der Waals surface area contributed by atoms with Gasteiger partial charge in [-0.2, -0.15) is 0 Å². The molecule has 0 aromatic heterocycles. The maximum Gasteiger partial charge on any atom is 0.508 e. The lowest BCUT2D eigenvalue weighted by molar-refractivity contribution is -0.161. The number of piperidine rings is 1. The molecule has 10 nitrogen and oxygen atoms in total. The number of esters is 2. The third-order valence-corrected chi connectivity index (χ3v) is 11.7. The Kier molecular flexibility index (Phi) is 34.3. The largest absolute Gasteiger partial charge is 0.508 e. The van der Waals surface area contributed by atoms with Crippen LogP contribution in [0.5, 0.6) is 0 Å². The van der Waals surface area contributed by atoms with Gasteiger partial charge in [0.1, 0.15) is 25.9 Å². The molecular weight excluding hydrogens is 783 g/mol. The van der Waals surface area contributed by atoms with Crippen LogP contribution in [0.15, 0.2) is 48.6 Å². The van der Waals surface area contributed by atoms with Gasteiger partial charge in [0.25, 0.3) is 0 Å². The summed E-state index contributed by atoms with van der Waals surface area (Å²) < 4.78 is 34.8. The smallest absolute Gasteiger partial charge is 0.465 e. The van der Waals surface area contributed by atoms with E-state index in [0.29, 0.717) is 38.1 Å². The number of carbonyl (C=O) groups excluding carboxylic acids is 3. The minimum absolute atomic E-state index is 0.0194. The Balaban J connectivity index is 1.80. The monoisotopic (exact) mass is 872 g/mol. The summed E-state index contributed by atoms with van der Waals surface area (Å²) in [5.74, 6) is -1.23. The summed E-state index contributed by atoms with van der Waals surface area (Å²) in [5, 5.41) is 0. The zero-order valence-corrected chi connectivity index (χ0v) is 39.8. The molecule has 2 rings (SSSR count). The van der Waals surface area contributed by atoms with E-state index in [1.807, 2.05) is 0 Å². The average Bonchev–Trinajstić information content (AvgIpc) is 3.53. The summed E-state index contributed by atoms with van der Waals surface area (Å²) >= 11 is 0. The van der Waals surface area contributed by atoms with Crippen molar-refractivity contribution in [2.75, 3.05) is 39.6 Å². The van der Waals surface area contributed by atoms with E-state index in [2.05, 4.69) is 81.2 Å². The van der Waals surface area contributed by atoms with Crippen LogP contribution in [0.4, 0.5) is 4.79 Å². The second-order valence-electron chi connectivity index (χ2n) is 17.2. The van der Waals surface area contributed by atoms with Crippen LogP contribution in [0, 0.1) is 5.92 Å². The molecule has 2 aliphatic rings. The number of allylic oxidation sites excluding steroid dienone is 8. The molecule has 0 amide bonds. The Bertz CT molecular complexity index is 1210. The van der Waals surface area contributed by atoms with Gasteiger partial charge in [0.2, 0.25) is 0 Å². The van der Waals surface area contributed by atoms with E-state index in [1.165, 1.54) is 25.7 Å². The third-order valence-electron chi connectivity index (χ3n) is 11.7. The molecule has 0 radical (unpaired) electrons. The second kappa shape index (κ2) is 38.5. The number of unbranched alkanes of at least 4 members (excludes halogenated alkanes) is 12. The number of nitrogens with zero attached hydrogens (tertiary/aromatic N) is 1. The van der Waals surface area contributed by atoms with Crippen LogP contribution in [0.3, 0.4) is 0 Å². The van der Waals surface area contributed by atoms with E-state index >= 15 is 0 Å². The van der Waals surface area contributed by atoms with Crippen LogP contribution in [0.1, 0.15) is 195 Å². The molecule has 4 atom stereocenters. The van der Waals surface area contributed by atoms with Gasteiger partial charge in [-0.25, -0.2) is 4.79 Å². The van der Waals surface area contributed by atoms with Crippen molar-refractivity contribution in [3.8, 4) is 0 Å². The van der Waals surface area contributed by atoms with E-state index in [1.54, 1.807) is 0 Å². The zero-order chi connectivity index (χ0) is 44.7. The highest BCUT2D eigenvalue weighted by molar-refractivity contribution is 5.69. The Morgan fingerprint density at radius 2 is 1.06 bits per heavy atom. The summed E-state index contributed by atoms with van der Waals surface area (Å²) in [6.45, 7) is 10.7. The van der Waals surface area contributed by atoms with Crippen molar-refractivity contribution in [2.45, 2.75) is 219 Å². The van der Waals surface area contributed by atoms with Gasteiger partial charge in [-0.3, -0.25) is 14.5 Å². The maximum absolute atomic E-state index is 13.0. The molecule has 2 fully saturated rings. The molecule has 0 N–H and O–H groups in total. The minimum atomic E-state index is -0.730. The maximum atomic E-state index is 13.0. The standard InChI is InChI=1S/C52H89NO9/c1-5-9-12-15-18-19-20-21-22-23-24-25-26-27-30-33-49(54)59-42-45(44-61-52(56)62-48-40-46-34-35-47(41-48)53(46)8-4)43-60-50(55)36-37-51(57-38-31-28-16-13-10-6-2)58-39-32-29-17-14-11-7-3/h10-11,13-14,18-19,21-22,45-48,51H,5-9,12,15-17,20,23-44H2,1-4H3/b13-10-,14-11-,19-18?,22-21-/t45?,46-,47+,48?. The van der Waals surface area contributed by atoms with Gasteiger partial charge in [0.15, 0.2) is 6.29 Å². The highest BCUT2D eigenvalue weighted by Gasteiger charge is 2.41. The van der Waals surface area contributed by atoms with Crippen LogP contribution >= 0.6 is 0 Å². The molecule has 2 heterocycles. The lowest BCUT2D eigenvalue weighted by atomic mass is 10.00. The first-order chi connectivity index (χ1) is 30.4. The number of rotatable bonds is 39. The van der Waals surface area contributed by atoms with Crippen molar-refractivity contribution < 1.29 is 42.8 Å². The third kappa shape index (κ3) is 28.7. The molecule has 2 bridgehead atoms. The SMILES string of the molecule is CC/C=C\CCCCOC(CCC(=O)OCC(COC(=O)CCCCCCC/C=C\CC=CCCCCC)COC(=O)OC1C[C@H]2CC[C@@H](C1)N2CC)OCCCC/C=C\CC. The Hall–Kier alpha value is -2.95. The highest BCUT2D eigenvalue weighted by Crippen LogP contribution is 2.36. The predicted molar refractivity (Wildman–Crippen MR) is 251 cm³/mol. The first-order valence-electron chi connectivity index (χ1n) is 25.1. The minimum Gasteiger partial charge on any atom is -0.465 e. The number of hydrogen-bond acceptors (Lipinski definition) is 10. The van der Waals surface area contributed by atoms with E-state index in [0.717, 1.165) is 129 Å². The van der Waals surface area contributed by atoms with Crippen LogP contribution in [0.2, 0.25) is 0 Å². The molecule has 356 valence electrons. The summed E-state index contributed by atoms with van der Waals surface area (Å²) in [6.07, 6.45) is 41.4. The number of hydrogen-bond donors (Lipinski definition) is 0. The van der Waals surface area contributed by atoms with Crippen LogP contribution in [-0.4, -0.2) is 87.1 Å². The summed E-state index contributed by atoms with van der Waals surface area (Å²) in [4.78, 5) is 41.2. The topological polar surface area (TPSA) is 110 Å². The van der Waals surface area contributed by atoms with Gasteiger partial charge in [0, 0.05) is 51.0 Å². The Labute approximate surface area is 378 Å². The normalized spacial score (nSPS) is 18.5. The van der Waals surface area contributed by atoms with Crippen molar-refractivity contribution in [3.05, 3.63) is 48.6 Å². The number of ether oxygens (including phenoxy) is 6.